The van der Waals surface area contributed by atoms with Crippen LogP contribution in [0.4, 0.5) is 5.95 Å². The highest BCUT2D eigenvalue weighted by Gasteiger charge is 2.29. The second-order valence-electron chi connectivity index (χ2n) is 4.74. The molecule has 1 fully saturated rings. The highest BCUT2D eigenvalue weighted by molar-refractivity contribution is 5.71. The fourth-order valence-electron chi connectivity index (χ4n) is 1.94. The Bertz CT molecular complexity index is 403. The number of aromatic nitrogens is 2. The Hall–Kier alpha value is -1.65. The van der Waals surface area contributed by atoms with E-state index in [1.165, 1.54) is 0 Å². The van der Waals surface area contributed by atoms with E-state index in [2.05, 4.69) is 23.8 Å². The molecule has 5 heteroatoms. The van der Waals surface area contributed by atoms with Gasteiger partial charge in [-0.2, -0.15) is 0 Å². The number of aliphatic carboxylic acids is 1. The molecule has 92 valence electrons. The predicted molar refractivity (Wildman–Crippen MR) is 64.1 cm³/mol. The van der Waals surface area contributed by atoms with Crippen LogP contribution in [0.5, 0.6) is 0 Å². The summed E-state index contributed by atoms with van der Waals surface area (Å²) in [5.74, 6) is 0.0298. The zero-order valence-corrected chi connectivity index (χ0v) is 10.1. The minimum atomic E-state index is -0.730. The Morgan fingerprint density at radius 3 is 2.59 bits per heavy atom. The van der Waals surface area contributed by atoms with Crippen molar-refractivity contribution < 1.29 is 9.90 Å². The van der Waals surface area contributed by atoms with Crippen LogP contribution in [-0.2, 0) is 4.79 Å². The number of anilines is 1. The average Bonchev–Trinajstić information content (AvgIpc) is 2.78. The van der Waals surface area contributed by atoms with Crippen LogP contribution in [0, 0.1) is 5.92 Å². The van der Waals surface area contributed by atoms with Crippen LogP contribution in [0.1, 0.15) is 31.7 Å². The van der Waals surface area contributed by atoms with Crippen LogP contribution in [0.15, 0.2) is 12.4 Å². The van der Waals surface area contributed by atoms with E-state index < -0.39 is 5.97 Å². The molecule has 0 spiro atoms. The summed E-state index contributed by atoms with van der Waals surface area (Å²) in [4.78, 5) is 21.4. The molecule has 0 bridgehead atoms. The molecular weight excluding hydrogens is 218 g/mol. The maximum atomic E-state index is 10.9. The number of carbonyl (C=O) groups is 1. The molecule has 0 aliphatic carbocycles. The first-order valence-electron chi connectivity index (χ1n) is 5.87. The van der Waals surface area contributed by atoms with Crippen LogP contribution in [0.2, 0.25) is 0 Å². The molecule has 1 aliphatic heterocycles. The second kappa shape index (κ2) is 4.69. The molecule has 5 nitrogen and oxygen atoms in total. The minimum Gasteiger partial charge on any atom is -0.481 e. The van der Waals surface area contributed by atoms with E-state index in [0.29, 0.717) is 24.8 Å². The summed E-state index contributed by atoms with van der Waals surface area (Å²) in [5, 5.41) is 8.93. The molecular formula is C12H17N3O2. The molecule has 2 rings (SSSR count). The quantitative estimate of drug-likeness (QED) is 0.860. The van der Waals surface area contributed by atoms with Gasteiger partial charge in [-0.3, -0.25) is 4.79 Å². The van der Waals surface area contributed by atoms with Gasteiger partial charge in [0.15, 0.2) is 0 Å². The van der Waals surface area contributed by atoms with Crippen molar-refractivity contribution in [1.82, 2.24) is 9.97 Å². The summed E-state index contributed by atoms with van der Waals surface area (Å²) in [5.41, 5.74) is 1.10. The Morgan fingerprint density at radius 1 is 1.47 bits per heavy atom. The van der Waals surface area contributed by atoms with Crippen molar-refractivity contribution in [3.8, 4) is 0 Å². The third-order valence-corrected chi connectivity index (χ3v) is 3.15. The van der Waals surface area contributed by atoms with Crippen molar-refractivity contribution >= 4 is 11.9 Å². The first-order chi connectivity index (χ1) is 8.08. The maximum absolute atomic E-state index is 10.9. The largest absolute Gasteiger partial charge is 0.481 e. The fourth-order valence-corrected chi connectivity index (χ4v) is 1.94. The van der Waals surface area contributed by atoms with Crippen LogP contribution in [-0.4, -0.2) is 34.1 Å². The lowest BCUT2D eigenvalue weighted by Gasteiger charge is -2.15. The van der Waals surface area contributed by atoms with Crippen LogP contribution < -0.4 is 4.90 Å². The van der Waals surface area contributed by atoms with Gasteiger partial charge < -0.3 is 10.0 Å². The summed E-state index contributed by atoms with van der Waals surface area (Å²) in [6.45, 7) is 5.41. The van der Waals surface area contributed by atoms with Crippen molar-refractivity contribution in [1.29, 1.82) is 0 Å². The minimum absolute atomic E-state index is 0.289. The molecule has 0 radical (unpaired) electrons. The summed E-state index contributed by atoms with van der Waals surface area (Å²) < 4.78 is 0. The van der Waals surface area contributed by atoms with Crippen molar-refractivity contribution in [2.45, 2.75) is 26.2 Å². The lowest BCUT2D eigenvalue weighted by molar-refractivity contribution is -0.140. The number of hydrogen-bond acceptors (Lipinski definition) is 4. The Morgan fingerprint density at radius 2 is 2.12 bits per heavy atom. The van der Waals surface area contributed by atoms with E-state index in [1.807, 2.05) is 17.3 Å². The van der Waals surface area contributed by atoms with Gasteiger partial charge in [0.05, 0.1) is 5.92 Å². The molecule has 1 aromatic heterocycles. The summed E-state index contributed by atoms with van der Waals surface area (Å²) >= 11 is 0. The fraction of sp³-hybridized carbons (Fsp3) is 0.583. The Labute approximate surface area is 100 Å². The van der Waals surface area contributed by atoms with Crippen molar-refractivity contribution in [2.24, 2.45) is 5.92 Å². The van der Waals surface area contributed by atoms with Gasteiger partial charge in [-0.1, -0.05) is 13.8 Å². The van der Waals surface area contributed by atoms with Gasteiger partial charge in [-0.05, 0) is 17.9 Å². The van der Waals surface area contributed by atoms with Crippen LogP contribution in [0.3, 0.4) is 0 Å². The Kier molecular flexibility index (Phi) is 3.26. The van der Waals surface area contributed by atoms with Gasteiger partial charge in [0, 0.05) is 25.5 Å². The molecule has 0 amide bonds. The van der Waals surface area contributed by atoms with Crippen LogP contribution >= 0.6 is 0 Å². The maximum Gasteiger partial charge on any atom is 0.308 e. The normalized spacial score (nSPS) is 19.9. The average molecular weight is 235 g/mol. The molecule has 17 heavy (non-hydrogen) atoms. The first-order valence-corrected chi connectivity index (χ1v) is 5.87. The highest BCUT2D eigenvalue weighted by atomic mass is 16.4. The van der Waals surface area contributed by atoms with Gasteiger partial charge in [0.25, 0.3) is 0 Å². The van der Waals surface area contributed by atoms with Gasteiger partial charge in [0.2, 0.25) is 5.95 Å². The third-order valence-electron chi connectivity index (χ3n) is 3.15. The predicted octanol–water partition coefficient (Wildman–Crippen LogP) is 1.51. The van der Waals surface area contributed by atoms with E-state index in [-0.39, 0.29) is 5.92 Å². The van der Waals surface area contributed by atoms with E-state index >= 15 is 0 Å². The van der Waals surface area contributed by atoms with Crippen molar-refractivity contribution in [3.63, 3.8) is 0 Å². The van der Waals surface area contributed by atoms with E-state index in [9.17, 15) is 4.79 Å². The summed E-state index contributed by atoms with van der Waals surface area (Å²) in [6.07, 6.45) is 4.31. The van der Waals surface area contributed by atoms with E-state index in [4.69, 9.17) is 5.11 Å². The van der Waals surface area contributed by atoms with Crippen molar-refractivity contribution in [3.05, 3.63) is 18.0 Å². The lowest BCUT2D eigenvalue weighted by atomic mass is 10.1. The highest BCUT2D eigenvalue weighted by Crippen LogP contribution is 2.21. The van der Waals surface area contributed by atoms with Gasteiger partial charge in [-0.25, -0.2) is 9.97 Å². The summed E-state index contributed by atoms with van der Waals surface area (Å²) in [6, 6.07) is 0. The number of nitrogens with zero attached hydrogens (tertiary/aromatic N) is 3. The molecule has 1 aromatic rings. The number of hydrogen-bond donors (Lipinski definition) is 1. The molecule has 1 saturated heterocycles. The number of carboxylic acid groups (broad SMARTS) is 1. The molecule has 2 heterocycles. The first kappa shape index (κ1) is 11.8. The number of carboxylic acids is 1. The van der Waals surface area contributed by atoms with Crippen LogP contribution in [0.25, 0.3) is 0 Å². The Balaban J connectivity index is 2.06. The van der Waals surface area contributed by atoms with Gasteiger partial charge in [0.1, 0.15) is 0 Å². The summed E-state index contributed by atoms with van der Waals surface area (Å²) in [7, 11) is 0. The van der Waals surface area contributed by atoms with E-state index in [0.717, 1.165) is 12.1 Å². The zero-order chi connectivity index (χ0) is 12.4. The molecule has 0 unspecified atom stereocenters. The van der Waals surface area contributed by atoms with E-state index in [1.54, 1.807) is 0 Å². The monoisotopic (exact) mass is 235 g/mol. The lowest BCUT2D eigenvalue weighted by Crippen LogP contribution is -2.24. The molecule has 1 N–H and O–H groups in total. The second-order valence-corrected chi connectivity index (χ2v) is 4.74. The smallest absolute Gasteiger partial charge is 0.308 e. The third kappa shape index (κ3) is 2.54. The standard InChI is InChI=1S/C12H17N3O2/c1-8(2)10-5-13-12(14-6-10)15-4-3-9(7-15)11(16)17/h5-6,8-9H,3-4,7H2,1-2H3,(H,16,17)/t9-/m1/s1. The topological polar surface area (TPSA) is 66.3 Å². The van der Waals surface area contributed by atoms with Gasteiger partial charge in [-0.15, -0.1) is 0 Å². The molecule has 1 aliphatic rings. The number of rotatable bonds is 3. The van der Waals surface area contributed by atoms with Gasteiger partial charge >= 0.3 is 5.97 Å². The SMILES string of the molecule is CC(C)c1cnc(N2CC[C@@H](C(=O)O)C2)nc1. The molecule has 0 saturated carbocycles. The zero-order valence-electron chi connectivity index (χ0n) is 10.1. The molecule has 0 aromatic carbocycles. The van der Waals surface area contributed by atoms with Crippen molar-refractivity contribution in [2.75, 3.05) is 18.0 Å². The molecule has 1 atom stereocenters.